The summed E-state index contributed by atoms with van der Waals surface area (Å²) >= 11 is 0. The quantitative estimate of drug-likeness (QED) is 0.180. The Labute approximate surface area is 331 Å². The molecule has 5 heteroatoms. The smallest absolute Gasteiger partial charge is 0.154 e. The van der Waals surface area contributed by atoms with Crippen molar-refractivity contribution in [1.82, 2.24) is 14.1 Å². The van der Waals surface area contributed by atoms with Crippen LogP contribution in [0.15, 0.2) is 197 Å². The van der Waals surface area contributed by atoms with Crippen LogP contribution in [0.3, 0.4) is 0 Å². The van der Waals surface area contributed by atoms with Crippen LogP contribution in [0.25, 0.3) is 121 Å². The minimum absolute atomic E-state index is 0.782. The summed E-state index contributed by atoms with van der Waals surface area (Å²) in [6.45, 7) is 0. The van der Waals surface area contributed by atoms with Crippen molar-refractivity contribution in [3.8, 4) is 33.8 Å². The molecule has 0 saturated carbocycles. The van der Waals surface area contributed by atoms with Crippen molar-refractivity contribution in [2.24, 2.45) is 0 Å². The Morgan fingerprint density at radius 1 is 0.328 bits per heavy atom. The van der Waals surface area contributed by atoms with Crippen molar-refractivity contribution in [2.45, 2.75) is 0 Å². The number of furan rings is 2. The Morgan fingerprint density at radius 2 is 0.914 bits per heavy atom. The molecule has 8 aromatic carbocycles. The van der Waals surface area contributed by atoms with E-state index >= 15 is 0 Å². The van der Waals surface area contributed by atoms with Crippen molar-refractivity contribution in [3.63, 3.8) is 0 Å². The molecule has 5 nitrogen and oxygen atoms in total. The van der Waals surface area contributed by atoms with Gasteiger partial charge in [-0.2, -0.15) is 0 Å². The average molecular weight is 742 g/mol. The lowest BCUT2D eigenvalue weighted by atomic mass is 9.92. The molecule has 0 N–H and O–H groups in total. The topological polar surface area (TPSA) is 49.0 Å². The molecule has 5 heterocycles. The maximum atomic E-state index is 6.24. The normalized spacial score (nSPS) is 12.1. The van der Waals surface area contributed by atoms with Crippen molar-refractivity contribution in [1.29, 1.82) is 0 Å². The highest BCUT2D eigenvalue weighted by Crippen LogP contribution is 2.43. The van der Waals surface area contributed by atoms with E-state index in [-0.39, 0.29) is 0 Å². The Hall–Kier alpha value is -7.89. The predicted molar refractivity (Wildman–Crippen MR) is 238 cm³/mol. The van der Waals surface area contributed by atoms with Crippen LogP contribution in [0.5, 0.6) is 0 Å². The molecule has 0 atom stereocenters. The zero-order chi connectivity index (χ0) is 37.9. The molecule has 58 heavy (non-hydrogen) atoms. The molecule has 0 aliphatic heterocycles. The van der Waals surface area contributed by atoms with Crippen LogP contribution in [0, 0.1) is 0 Å². The summed E-state index contributed by atoms with van der Waals surface area (Å²) in [6.07, 6.45) is 0. The molecule has 0 amide bonds. The summed E-state index contributed by atoms with van der Waals surface area (Å²) in [7, 11) is 0. The van der Waals surface area contributed by atoms with Gasteiger partial charge in [-0.3, -0.25) is 4.57 Å². The third-order valence-electron chi connectivity index (χ3n) is 11.9. The number of aromatic nitrogens is 3. The molecule has 0 unspecified atom stereocenters. The highest BCUT2D eigenvalue weighted by Gasteiger charge is 2.21. The van der Waals surface area contributed by atoms with Gasteiger partial charge in [0.1, 0.15) is 28.1 Å². The van der Waals surface area contributed by atoms with E-state index in [1.165, 1.54) is 32.7 Å². The minimum Gasteiger partial charge on any atom is -0.456 e. The van der Waals surface area contributed by atoms with Crippen LogP contribution in [0.1, 0.15) is 0 Å². The van der Waals surface area contributed by atoms with E-state index in [0.717, 1.165) is 88.7 Å². The molecule has 0 saturated heterocycles. The minimum atomic E-state index is 0.782. The van der Waals surface area contributed by atoms with Gasteiger partial charge < -0.3 is 13.4 Å². The summed E-state index contributed by atoms with van der Waals surface area (Å²) in [4.78, 5) is 5.27. The second-order valence-electron chi connectivity index (χ2n) is 15.1. The summed E-state index contributed by atoms with van der Waals surface area (Å²) in [6, 6.07) is 66.9. The number of benzene rings is 8. The van der Waals surface area contributed by atoms with Crippen LogP contribution in [-0.2, 0) is 0 Å². The maximum Gasteiger partial charge on any atom is 0.154 e. The molecule has 13 aromatic rings. The van der Waals surface area contributed by atoms with Crippen LogP contribution in [0.2, 0.25) is 0 Å². The third kappa shape index (κ3) is 4.44. The van der Waals surface area contributed by atoms with E-state index in [0.29, 0.717) is 0 Å². The van der Waals surface area contributed by atoms with Crippen molar-refractivity contribution in [3.05, 3.63) is 188 Å². The third-order valence-corrected chi connectivity index (χ3v) is 11.9. The van der Waals surface area contributed by atoms with Crippen LogP contribution in [0.4, 0.5) is 0 Å². The largest absolute Gasteiger partial charge is 0.456 e. The highest BCUT2D eigenvalue weighted by molar-refractivity contribution is 6.15. The fraction of sp³-hybridized carbons (Fsp3) is 0. The number of fused-ring (bicyclic) bond motifs is 12. The van der Waals surface area contributed by atoms with Gasteiger partial charge in [0, 0.05) is 43.4 Å². The van der Waals surface area contributed by atoms with E-state index in [2.05, 4.69) is 161 Å². The van der Waals surface area contributed by atoms with Gasteiger partial charge in [0.2, 0.25) is 0 Å². The molecular weight excluding hydrogens is 711 g/mol. The zero-order valence-corrected chi connectivity index (χ0v) is 31.1. The number of hydrogen-bond acceptors (Lipinski definition) is 3. The summed E-state index contributed by atoms with van der Waals surface area (Å²) in [5.74, 6) is 0.853. The van der Waals surface area contributed by atoms with Gasteiger partial charge >= 0.3 is 0 Å². The molecule has 0 spiro atoms. The maximum absolute atomic E-state index is 6.24. The van der Waals surface area contributed by atoms with E-state index in [1.54, 1.807) is 0 Å². The van der Waals surface area contributed by atoms with Gasteiger partial charge in [0.15, 0.2) is 5.58 Å². The number of hydrogen-bond donors (Lipinski definition) is 0. The Morgan fingerprint density at radius 3 is 1.74 bits per heavy atom. The van der Waals surface area contributed by atoms with Crippen LogP contribution in [-0.4, -0.2) is 14.1 Å². The second kappa shape index (κ2) is 11.8. The van der Waals surface area contributed by atoms with Crippen molar-refractivity contribution < 1.29 is 8.83 Å². The van der Waals surface area contributed by atoms with Crippen molar-refractivity contribution in [2.75, 3.05) is 0 Å². The number of para-hydroxylation sites is 4. The van der Waals surface area contributed by atoms with Crippen LogP contribution < -0.4 is 0 Å². The zero-order valence-electron chi connectivity index (χ0n) is 31.1. The second-order valence-corrected chi connectivity index (χ2v) is 15.1. The molecule has 0 aliphatic carbocycles. The number of nitrogens with zero attached hydrogens (tertiary/aromatic N) is 3. The molecule has 0 radical (unpaired) electrons. The molecule has 5 aromatic heterocycles. The fourth-order valence-corrected chi connectivity index (χ4v) is 9.33. The first-order chi connectivity index (χ1) is 28.7. The Kier molecular flexibility index (Phi) is 6.38. The van der Waals surface area contributed by atoms with Gasteiger partial charge in [0.05, 0.1) is 22.1 Å². The highest BCUT2D eigenvalue weighted by atomic mass is 16.3. The van der Waals surface area contributed by atoms with Gasteiger partial charge in [-0.1, -0.05) is 109 Å². The lowest BCUT2D eigenvalue weighted by Gasteiger charge is -2.14. The van der Waals surface area contributed by atoms with Crippen molar-refractivity contribution >= 4 is 87.6 Å². The average Bonchev–Trinajstić information content (AvgIpc) is 4.03. The number of pyridine rings is 1. The fourth-order valence-electron chi connectivity index (χ4n) is 9.33. The van der Waals surface area contributed by atoms with E-state index in [1.807, 2.05) is 36.4 Å². The van der Waals surface area contributed by atoms with E-state index < -0.39 is 0 Å². The monoisotopic (exact) mass is 741 g/mol. The number of rotatable bonds is 4. The lowest BCUT2D eigenvalue weighted by Crippen LogP contribution is -1.97. The van der Waals surface area contributed by atoms with E-state index in [9.17, 15) is 0 Å². The molecule has 270 valence electrons. The molecular formula is C53H31N3O2. The first-order valence-electron chi connectivity index (χ1n) is 19.6. The molecule has 13 rings (SSSR count). The molecule has 0 bridgehead atoms. The standard InChI is InChI=1S/C53H31N3O2/c1-2-12-32(13-3-1)41-31-47-42(36-15-5-8-18-44(36)55(47)34-23-25-50-43(29-34)38-16-6-10-20-48(38)57-50)30-40(41)33-22-24-37-35-14-4-9-19-45(35)56(46(37)28-33)52-27-26-51-53(54-52)39-17-7-11-21-49(39)58-51/h1-31H. The van der Waals surface area contributed by atoms with Gasteiger partial charge in [-0.05, 0) is 101 Å². The Bertz CT molecular complexity index is 3810. The van der Waals surface area contributed by atoms with Gasteiger partial charge in [-0.25, -0.2) is 4.98 Å². The van der Waals surface area contributed by atoms with Gasteiger partial charge in [0.25, 0.3) is 0 Å². The van der Waals surface area contributed by atoms with E-state index in [4.69, 9.17) is 13.8 Å². The summed E-state index contributed by atoms with van der Waals surface area (Å²) < 4.78 is 17.1. The first-order valence-corrected chi connectivity index (χ1v) is 19.6. The summed E-state index contributed by atoms with van der Waals surface area (Å²) in [5.41, 5.74) is 14.5. The predicted octanol–water partition coefficient (Wildman–Crippen LogP) is 14.4. The first kappa shape index (κ1) is 31.3. The SMILES string of the molecule is c1ccc(-c2cc3c(cc2-c2ccc4c5ccccc5n(-c5ccc6oc7ccccc7c6n5)c4c2)c2ccccc2n3-c2ccc3oc4ccccc4c3c2)cc1. The molecule has 0 aliphatic rings. The Balaban J connectivity index is 1.08. The summed E-state index contributed by atoms with van der Waals surface area (Å²) in [5, 5.41) is 8.01. The molecule has 0 fully saturated rings. The van der Waals surface area contributed by atoms with Gasteiger partial charge in [-0.15, -0.1) is 0 Å². The van der Waals surface area contributed by atoms with Crippen LogP contribution >= 0.6 is 0 Å². The lowest BCUT2D eigenvalue weighted by molar-refractivity contribution is 0.668.